The molecule has 107 heavy (non-hydrogen) atoms. The van der Waals surface area contributed by atoms with E-state index < -0.39 is 145 Å². The van der Waals surface area contributed by atoms with Gasteiger partial charge in [0, 0.05) is 89.5 Å². The summed E-state index contributed by atoms with van der Waals surface area (Å²) in [6, 6.07) is -0.572. The normalized spacial score (nSPS) is 24.4. The number of piperazine rings is 1. The van der Waals surface area contributed by atoms with Crippen LogP contribution in [0.15, 0.2) is 56.9 Å². The topological polar surface area (TPSA) is 468 Å². The van der Waals surface area contributed by atoms with E-state index in [2.05, 4.69) is 41.5 Å². The summed E-state index contributed by atoms with van der Waals surface area (Å²) in [6.07, 6.45) is -7.61. The highest BCUT2D eigenvalue weighted by molar-refractivity contribution is 7.14. The Labute approximate surface area is 628 Å². The fourth-order valence-corrected chi connectivity index (χ4v) is 17.6. The molecule has 5 aliphatic heterocycles. The van der Waals surface area contributed by atoms with Crippen molar-refractivity contribution in [2.45, 2.75) is 121 Å². The van der Waals surface area contributed by atoms with Crippen LogP contribution in [0, 0.1) is 0 Å². The van der Waals surface area contributed by atoms with Crippen molar-refractivity contribution in [1.82, 2.24) is 75.9 Å². The molecule has 2 fully saturated rings. The lowest BCUT2D eigenvalue weighted by Crippen LogP contribution is -2.62. The summed E-state index contributed by atoms with van der Waals surface area (Å²) >= 11 is 4.48. The predicted octanol–water partition coefficient (Wildman–Crippen LogP) is 2.91. The number of primary amides is 1. The fourth-order valence-electron chi connectivity index (χ4n) is 13.4. The highest BCUT2D eigenvalue weighted by Gasteiger charge is 2.50. The molecule has 2 saturated heterocycles. The molecule has 13 rings (SSSR count). The van der Waals surface area contributed by atoms with E-state index >= 15 is 19.2 Å². The number of nitrogens with zero attached hydrogens (tertiary/aromatic N) is 10. The highest BCUT2D eigenvalue weighted by Crippen LogP contribution is 2.43. The van der Waals surface area contributed by atoms with Gasteiger partial charge in [-0.1, -0.05) is 12.1 Å². The van der Waals surface area contributed by atoms with Crippen LogP contribution < -0.4 is 32.3 Å². The lowest BCUT2D eigenvalue weighted by Gasteiger charge is -2.48. The third-order valence-electron chi connectivity index (χ3n) is 18.7. The van der Waals surface area contributed by atoms with Gasteiger partial charge < -0.3 is 91.1 Å². The molecule has 7 amide bonds. The van der Waals surface area contributed by atoms with Crippen LogP contribution in [-0.4, -0.2) is 238 Å². The van der Waals surface area contributed by atoms with Crippen molar-refractivity contribution in [1.29, 1.82) is 0 Å². The van der Waals surface area contributed by atoms with Gasteiger partial charge in [-0.3, -0.25) is 38.5 Å². The van der Waals surface area contributed by atoms with Gasteiger partial charge >= 0.3 is 11.9 Å². The number of likely N-dealkylation sites (N-methyl/N-ethyl adjacent to an activating group) is 1. The van der Waals surface area contributed by atoms with Gasteiger partial charge in [0.15, 0.2) is 18.1 Å². The molecule has 1 aromatic carbocycles. The van der Waals surface area contributed by atoms with E-state index in [-0.39, 0.29) is 117 Å². The van der Waals surface area contributed by atoms with E-state index in [4.69, 9.17) is 49.1 Å². The van der Waals surface area contributed by atoms with E-state index in [1.807, 2.05) is 4.90 Å². The quantitative estimate of drug-likeness (QED) is 0.0505. The zero-order valence-electron chi connectivity index (χ0n) is 58.3. The number of aromatic hydroxyl groups is 1. The molecule has 0 radical (unpaired) electrons. The Hall–Kier alpha value is -9.85. The number of aliphatic hydroxyl groups is 2. The number of benzene rings is 1. The van der Waals surface area contributed by atoms with Crippen LogP contribution in [0.4, 0.5) is 0 Å². The number of carbonyl (C=O) groups is 9. The number of thiazole rings is 5. The first-order valence-electron chi connectivity index (χ1n) is 33.3. The molecule has 12 bridgehead atoms. The van der Waals surface area contributed by atoms with Crippen molar-refractivity contribution in [3.8, 4) is 38.4 Å². The molecule has 0 aliphatic carbocycles. The number of fused-ring (bicyclic) bond motifs is 15. The number of allylic oxidation sites excluding steroid dienone is 1. The molecule has 7 aromatic heterocycles. The summed E-state index contributed by atoms with van der Waals surface area (Å²) in [6.45, 7) is 7.37. The van der Waals surface area contributed by atoms with Crippen LogP contribution in [0.25, 0.3) is 49.3 Å². The fraction of sp³-hybridized carbons (Fsp3) is 0.418. The number of nitrogens with two attached hydrogens (primary N) is 1. The molecule has 35 nitrogen and oxygen atoms in total. The second kappa shape index (κ2) is 30.8. The third kappa shape index (κ3) is 15.4. The largest absolute Gasteiger partial charge is 0.506 e. The van der Waals surface area contributed by atoms with E-state index in [0.29, 0.717) is 36.5 Å². The zero-order valence-corrected chi connectivity index (χ0v) is 62.4. The third-order valence-corrected chi connectivity index (χ3v) is 23.1. The second-order valence-corrected chi connectivity index (χ2v) is 30.6. The number of carbonyl (C=O) groups excluding carboxylic acids is 9. The summed E-state index contributed by atoms with van der Waals surface area (Å²) < 4.78 is 38.3. The summed E-state index contributed by atoms with van der Waals surface area (Å²) in [5.41, 5.74) is 2.90. The lowest BCUT2D eigenvalue weighted by atomic mass is 9.85. The first kappa shape index (κ1) is 75.4. The minimum absolute atomic E-state index is 0.00525. The number of ether oxygens (including phenoxy) is 6. The highest BCUT2D eigenvalue weighted by atomic mass is 32.1. The molecule has 5 aliphatic rings. The van der Waals surface area contributed by atoms with E-state index in [9.17, 15) is 44.5 Å². The van der Waals surface area contributed by atoms with Crippen LogP contribution >= 0.6 is 56.7 Å². The van der Waals surface area contributed by atoms with Crippen LogP contribution in [0.1, 0.15) is 132 Å². The van der Waals surface area contributed by atoms with Crippen molar-refractivity contribution in [2.24, 2.45) is 5.73 Å². The van der Waals surface area contributed by atoms with Gasteiger partial charge in [-0.15, -0.1) is 56.7 Å². The standard InChI is InChI=1S/C67H72N16O19S5/c1-27(84)45-59(92)78-46(28(2)97-8)62-73-40(26-105-62)58(91)79-49-51-52(102-43-17-67(5,95)53(80(6)7)29(3)101-43)66(94)99-19-31-10-9-11-41-44(31)33(20-98-51)50(83(41)96)65(93)100-21-35(70-56(89)38-25-107-64(49)75-38)61-71-36(22-104-61)47-32(60-72-39(23-103-60)57(90)77-45)16-42(86)48(76-47)63-74-37(24-106-63)55(88)69-34(54(68)87)18-81-12-14-82(15-13-81)30(4)85/h9-11,16,22-27,29,34-35,43,45,49,51-53,84,86,95-96H,12-15,17-21H2,1-8H3,(H2,68,87)(H,69,88)(H,70,89)(H,77,90)(H,78,92)(H,79,91)/b46-28+/t27-,29+,34?,35+,43+,45+,49+,51+,52+,53-,67+/m1/s1. The second-order valence-electron chi connectivity index (χ2n) is 26.3. The van der Waals surface area contributed by atoms with Gasteiger partial charge in [0.1, 0.15) is 126 Å². The molecule has 11 atom stereocenters. The summed E-state index contributed by atoms with van der Waals surface area (Å²) in [5.74, 6) is -8.16. The molecule has 12 heterocycles. The van der Waals surface area contributed by atoms with Gasteiger partial charge in [-0.25, -0.2) is 39.5 Å². The summed E-state index contributed by atoms with van der Waals surface area (Å²) in [4.78, 5) is 162. The number of amides is 7. The van der Waals surface area contributed by atoms with Gasteiger partial charge in [0.05, 0.1) is 43.1 Å². The number of aromatic nitrogens is 7. The zero-order chi connectivity index (χ0) is 76.2. The van der Waals surface area contributed by atoms with E-state index in [1.54, 1.807) is 49.9 Å². The van der Waals surface area contributed by atoms with Crippen molar-refractivity contribution in [2.75, 3.05) is 60.5 Å². The van der Waals surface area contributed by atoms with E-state index in [0.717, 1.165) is 56.7 Å². The van der Waals surface area contributed by atoms with Crippen molar-refractivity contribution < 1.29 is 92.1 Å². The number of pyridine rings is 1. The predicted molar refractivity (Wildman–Crippen MR) is 383 cm³/mol. The number of nitrogens with one attached hydrogen (secondary N) is 5. The van der Waals surface area contributed by atoms with Crippen LogP contribution in [-0.2, 0) is 60.8 Å². The first-order chi connectivity index (χ1) is 51.0. The Morgan fingerprint density at radius 3 is 2.19 bits per heavy atom. The Morgan fingerprint density at radius 1 is 0.822 bits per heavy atom. The monoisotopic (exact) mass is 1560 g/mol. The molecule has 0 spiro atoms. The number of hydrogen-bond acceptors (Lipinski definition) is 32. The number of hydrogen-bond donors (Lipinski definition) is 10. The average molecular weight is 1570 g/mol. The lowest BCUT2D eigenvalue weighted by molar-refractivity contribution is -0.280. The SMILES string of the molecule is CO/C(C)=C1/NC(=O)[C@H]([C@@H](C)O)NC(=O)c2csc(n2)-c2cc(O)c(-c3nc(C(=O)NC(CN4CCN(C(C)=O)CC4)C(N)=O)cs3)nc2-c2csc(n2)[C@@H]2COC(=O)c3c4c5c(cccc5n3O)COC(=O)[C@@H](O[C@H]3C[C@](C)(O)[C@H](N(C)C)[C@H](C)O3)[C@@H](OC4)[C@H](NC(=O)c3csc1n3)c1nc(cs1)C(=O)N2. The number of cyclic esters (lactones) is 2. The molecule has 11 N–H and O–H groups in total. The van der Waals surface area contributed by atoms with Crippen LogP contribution in [0.2, 0.25) is 0 Å². The molecular formula is C67H72N16O19S5. The van der Waals surface area contributed by atoms with Crippen LogP contribution in [0.3, 0.4) is 0 Å². The average Bonchev–Trinajstić information content (AvgIpc) is 0.874. The van der Waals surface area contributed by atoms with E-state index in [1.165, 1.54) is 66.9 Å². The Kier molecular flexibility index (Phi) is 21.7. The van der Waals surface area contributed by atoms with Gasteiger partial charge in [0.2, 0.25) is 17.7 Å². The van der Waals surface area contributed by atoms with Crippen LogP contribution in [0.5, 0.6) is 5.75 Å². The van der Waals surface area contributed by atoms with Gasteiger partial charge in [0.25, 0.3) is 23.6 Å². The Morgan fingerprint density at radius 2 is 1.49 bits per heavy atom. The minimum atomic E-state index is -1.93. The first-order valence-corrected chi connectivity index (χ1v) is 37.7. The number of rotatable bonds is 11. The summed E-state index contributed by atoms with van der Waals surface area (Å²) in [5, 5.41) is 68.3. The maximum atomic E-state index is 15.2. The summed E-state index contributed by atoms with van der Waals surface area (Å²) in [7, 11) is 4.84. The maximum absolute atomic E-state index is 15.2. The van der Waals surface area contributed by atoms with Crippen molar-refractivity contribution >= 4 is 127 Å². The Balaban J connectivity index is 0.945. The van der Waals surface area contributed by atoms with Gasteiger partial charge in [-0.2, -0.15) is 4.73 Å². The van der Waals surface area contributed by atoms with Crippen molar-refractivity contribution in [3.05, 3.63) is 112 Å². The molecule has 0 saturated carbocycles. The Bertz CT molecular complexity index is 4880. The molecule has 8 aromatic rings. The molecule has 40 heteroatoms. The number of aliphatic hydroxyl groups excluding tert-OH is 1. The van der Waals surface area contributed by atoms with Gasteiger partial charge in [-0.05, 0) is 59.5 Å². The smallest absolute Gasteiger partial charge is 0.358 e. The maximum Gasteiger partial charge on any atom is 0.358 e. The molecule has 1 unspecified atom stereocenters. The van der Waals surface area contributed by atoms with Crippen molar-refractivity contribution in [3.63, 3.8) is 0 Å². The molecular weight excluding hydrogens is 1490 g/mol. The minimum Gasteiger partial charge on any atom is -0.506 e. The number of esters is 2. The molecule has 564 valence electrons. The number of methoxy groups -OCH3 is 1.